The molecule has 1 aromatic heterocycles. The number of hydrogen-bond acceptors (Lipinski definition) is 3. The molecule has 106 valence electrons. The smallest absolute Gasteiger partial charge is 0.293 e. The van der Waals surface area contributed by atoms with Crippen molar-refractivity contribution in [3.05, 3.63) is 59.3 Å². The highest BCUT2D eigenvalue weighted by atomic mass is 35.5. The summed E-state index contributed by atoms with van der Waals surface area (Å²) in [6.07, 6.45) is 0. The number of halogens is 1. The molecule has 0 bridgehead atoms. The molecular weight excluding hydrogens is 288 g/mol. The number of anilines is 2. The van der Waals surface area contributed by atoms with Gasteiger partial charge in [0.25, 0.3) is 5.91 Å². The Morgan fingerprint density at radius 1 is 1.19 bits per heavy atom. The van der Waals surface area contributed by atoms with Crippen LogP contribution in [0.1, 0.15) is 10.6 Å². The minimum atomic E-state index is -0.278. The molecule has 0 saturated carbocycles. The maximum Gasteiger partial charge on any atom is 0.293 e. The van der Waals surface area contributed by atoms with Crippen molar-refractivity contribution in [2.75, 3.05) is 17.7 Å². The number of benzene rings is 2. The van der Waals surface area contributed by atoms with Gasteiger partial charge in [-0.25, -0.2) is 0 Å². The molecule has 5 heteroatoms. The average Bonchev–Trinajstić information content (AvgIpc) is 2.92. The second kappa shape index (κ2) is 5.14. The van der Waals surface area contributed by atoms with Crippen molar-refractivity contribution in [2.45, 2.75) is 0 Å². The first-order valence-corrected chi connectivity index (χ1v) is 6.76. The zero-order valence-electron chi connectivity index (χ0n) is 11.3. The fourth-order valence-corrected chi connectivity index (χ4v) is 2.34. The first kappa shape index (κ1) is 13.5. The van der Waals surface area contributed by atoms with Gasteiger partial charge in [0.05, 0.1) is 11.4 Å². The van der Waals surface area contributed by atoms with Crippen molar-refractivity contribution >= 4 is 39.9 Å². The molecule has 3 rings (SSSR count). The number of nitrogens with zero attached hydrogens (tertiary/aromatic N) is 1. The number of nitrogen functional groups attached to an aromatic ring is 1. The Morgan fingerprint density at radius 2 is 1.95 bits per heavy atom. The normalized spacial score (nSPS) is 10.8. The molecule has 0 aliphatic heterocycles. The zero-order valence-corrected chi connectivity index (χ0v) is 12.1. The Labute approximate surface area is 126 Å². The lowest BCUT2D eigenvalue weighted by molar-refractivity contribution is 0.0968. The number of amides is 1. The average molecular weight is 301 g/mol. The van der Waals surface area contributed by atoms with Gasteiger partial charge in [0.15, 0.2) is 5.76 Å². The van der Waals surface area contributed by atoms with E-state index in [0.717, 1.165) is 5.39 Å². The Bertz CT molecular complexity index is 793. The van der Waals surface area contributed by atoms with E-state index in [-0.39, 0.29) is 11.7 Å². The van der Waals surface area contributed by atoms with Crippen LogP contribution >= 0.6 is 11.6 Å². The van der Waals surface area contributed by atoms with Gasteiger partial charge >= 0.3 is 0 Å². The van der Waals surface area contributed by atoms with Gasteiger partial charge in [-0.15, -0.1) is 0 Å². The third-order valence-corrected chi connectivity index (χ3v) is 3.53. The van der Waals surface area contributed by atoms with Crippen LogP contribution in [-0.2, 0) is 0 Å². The third kappa shape index (κ3) is 2.45. The molecule has 0 aliphatic carbocycles. The van der Waals surface area contributed by atoms with Crippen LogP contribution in [0.25, 0.3) is 11.0 Å². The van der Waals surface area contributed by atoms with Gasteiger partial charge in [0.2, 0.25) is 0 Å². The number of rotatable bonds is 2. The highest BCUT2D eigenvalue weighted by Crippen LogP contribution is 2.28. The van der Waals surface area contributed by atoms with E-state index >= 15 is 0 Å². The van der Waals surface area contributed by atoms with Crippen LogP contribution in [0.2, 0.25) is 5.02 Å². The second-order valence-corrected chi connectivity index (χ2v) is 5.15. The van der Waals surface area contributed by atoms with E-state index in [1.807, 2.05) is 24.3 Å². The molecule has 2 aromatic carbocycles. The van der Waals surface area contributed by atoms with Crippen LogP contribution in [0.4, 0.5) is 11.4 Å². The third-order valence-electron chi connectivity index (χ3n) is 3.29. The van der Waals surface area contributed by atoms with Crippen LogP contribution in [0.3, 0.4) is 0 Å². The highest BCUT2D eigenvalue weighted by Gasteiger charge is 2.19. The standard InChI is InChI=1S/C16H13ClN2O2/c1-19(13-9-11(17)6-7-12(13)18)16(20)15-8-10-4-2-3-5-14(10)21-15/h2-9H,18H2,1H3. The van der Waals surface area contributed by atoms with Crippen molar-refractivity contribution in [2.24, 2.45) is 0 Å². The summed E-state index contributed by atoms with van der Waals surface area (Å²) < 4.78 is 5.58. The molecule has 21 heavy (non-hydrogen) atoms. The van der Waals surface area contributed by atoms with Crippen molar-refractivity contribution in [3.63, 3.8) is 0 Å². The number of carbonyl (C=O) groups excluding carboxylic acids is 1. The molecule has 3 aromatic rings. The fraction of sp³-hybridized carbons (Fsp3) is 0.0625. The topological polar surface area (TPSA) is 59.5 Å². The number of furan rings is 1. The summed E-state index contributed by atoms with van der Waals surface area (Å²) in [5.41, 5.74) is 7.60. The fourth-order valence-electron chi connectivity index (χ4n) is 2.17. The van der Waals surface area contributed by atoms with Gasteiger partial charge in [0.1, 0.15) is 5.58 Å². The number of fused-ring (bicyclic) bond motifs is 1. The van der Waals surface area contributed by atoms with Crippen LogP contribution in [0, 0.1) is 0 Å². The molecule has 0 radical (unpaired) electrons. The summed E-state index contributed by atoms with van der Waals surface area (Å²) in [5, 5.41) is 1.40. The lowest BCUT2D eigenvalue weighted by Crippen LogP contribution is -2.26. The zero-order chi connectivity index (χ0) is 15.0. The first-order chi connectivity index (χ1) is 10.1. The highest BCUT2D eigenvalue weighted by molar-refractivity contribution is 6.31. The molecule has 0 fully saturated rings. The summed E-state index contributed by atoms with van der Waals surface area (Å²) >= 11 is 5.96. The summed E-state index contributed by atoms with van der Waals surface area (Å²) in [4.78, 5) is 13.9. The van der Waals surface area contributed by atoms with Gasteiger partial charge in [-0.05, 0) is 30.3 Å². The van der Waals surface area contributed by atoms with Crippen LogP contribution in [0.5, 0.6) is 0 Å². The summed E-state index contributed by atoms with van der Waals surface area (Å²) in [6, 6.07) is 14.2. The molecule has 0 unspecified atom stereocenters. The SMILES string of the molecule is CN(C(=O)c1cc2ccccc2o1)c1cc(Cl)ccc1N. The van der Waals surface area contributed by atoms with Crippen molar-refractivity contribution in [1.82, 2.24) is 0 Å². The van der Waals surface area contributed by atoms with E-state index in [1.165, 1.54) is 4.90 Å². The molecule has 0 aliphatic rings. The van der Waals surface area contributed by atoms with E-state index in [2.05, 4.69) is 0 Å². The van der Waals surface area contributed by atoms with Gasteiger partial charge in [0, 0.05) is 17.5 Å². The predicted octanol–water partition coefficient (Wildman–Crippen LogP) is 3.95. The van der Waals surface area contributed by atoms with Gasteiger partial charge in [-0.3, -0.25) is 4.79 Å². The quantitative estimate of drug-likeness (QED) is 0.729. The van der Waals surface area contributed by atoms with Crippen LogP contribution < -0.4 is 10.6 Å². The summed E-state index contributed by atoms with van der Waals surface area (Å²) in [5.74, 6) is -0.0155. The molecule has 2 N–H and O–H groups in total. The van der Waals surface area contributed by atoms with Gasteiger partial charge < -0.3 is 15.1 Å². The molecule has 0 atom stereocenters. The van der Waals surface area contributed by atoms with E-state index < -0.39 is 0 Å². The number of hydrogen-bond donors (Lipinski definition) is 1. The maximum absolute atomic E-state index is 12.5. The lowest BCUT2D eigenvalue weighted by Gasteiger charge is -2.18. The minimum Gasteiger partial charge on any atom is -0.451 e. The largest absolute Gasteiger partial charge is 0.451 e. The van der Waals surface area contributed by atoms with E-state index in [0.29, 0.717) is 22.0 Å². The number of nitrogens with two attached hydrogens (primary N) is 1. The molecule has 1 heterocycles. The molecule has 0 spiro atoms. The summed E-state index contributed by atoms with van der Waals surface area (Å²) in [7, 11) is 1.64. The number of para-hydroxylation sites is 1. The molecule has 1 amide bonds. The van der Waals surface area contributed by atoms with E-state index in [1.54, 1.807) is 31.3 Å². The molecular formula is C16H13ClN2O2. The van der Waals surface area contributed by atoms with E-state index in [4.69, 9.17) is 21.8 Å². The molecule has 0 saturated heterocycles. The Balaban J connectivity index is 1.99. The van der Waals surface area contributed by atoms with Crippen LogP contribution in [-0.4, -0.2) is 13.0 Å². The Kier molecular flexibility index (Phi) is 3.31. The van der Waals surface area contributed by atoms with Crippen LogP contribution in [0.15, 0.2) is 52.9 Å². The predicted molar refractivity (Wildman–Crippen MR) is 84.8 cm³/mol. The maximum atomic E-state index is 12.5. The Morgan fingerprint density at radius 3 is 2.71 bits per heavy atom. The minimum absolute atomic E-state index is 0.262. The van der Waals surface area contributed by atoms with Crippen molar-refractivity contribution in [3.8, 4) is 0 Å². The first-order valence-electron chi connectivity index (χ1n) is 6.38. The van der Waals surface area contributed by atoms with Gasteiger partial charge in [-0.1, -0.05) is 29.8 Å². The summed E-state index contributed by atoms with van der Waals surface area (Å²) in [6.45, 7) is 0. The Hall–Kier alpha value is -2.46. The lowest BCUT2D eigenvalue weighted by atomic mass is 10.2. The molecule has 4 nitrogen and oxygen atoms in total. The number of carbonyl (C=O) groups is 1. The van der Waals surface area contributed by atoms with Crippen molar-refractivity contribution in [1.29, 1.82) is 0 Å². The monoisotopic (exact) mass is 300 g/mol. The van der Waals surface area contributed by atoms with Crippen molar-refractivity contribution < 1.29 is 9.21 Å². The second-order valence-electron chi connectivity index (χ2n) is 4.72. The van der Waals surface area contributed by atoms with Gasteiger partial charge in [-0.2, -0.15) is 0 Å². The van der Waals surface area contributed by atoms with E-state index in [9.17, 15) is 4.79 Å².